The van der Waals surface area contributed by atoms with E-state index in [1.807, 2.05) is 11.8 Å². The van der Waals surface area contributed by atoms with Crippen molar-refractivity contribution in [3.05, 3.63) is 0 Å². The first-order chi connectivity index (χ1) is 9.82. The van der Waals surface area contributed by atoms with E-state index < -0.39 is 12.1 Å². The Morgan fingerprint density at radius 1 is 1.24 bits per heavy atom. The Morgan fingerprint density at radius 2 is 1.95 bits per heavy atom. The zero-order chi connectivity index (χ0) is 15.5. The molecule has 2 N–H and O–H groups in total. The van der Waals surface area contributed by atoms with Crippen molar-refractivity contribution < 1.29 is 18.3 Å². The third-order valence-electron chi connectivity index (χ3n) is 4.65. The fourth-order valence-electron chi connectivity index (χ4n) is 3.14. The molecular formula is C15H27F3N2O. The van der Waals surface area contributed by atoms with Gasteiger partial charge >= 0.3 is 6.18 Å². The predicted molar refractivity (Wildman–Crippen MR) is 76.1 cm³/mol. The summed E-state index contributed by atoms with van der Waals surface area (Å²) in [6.45, 7) is 3.66. The molecule has 2 rings (SSSR count). The molecule has 1 saturated carbocycles. The Labute approximate surface area is 124 Å². The summed E-state index contributed by atoms with van der Waals surface area (Å²) in [6, 6.07) is 0.520. The highest BCUT2D eigenvalue weighted by molar-refractivity contribution is 4.92. The number of halogens is 3. The average molecular weight is 308 g/mol. The number of piperidine rings is 1. The van der Waals surface area contributed by atoms with Gasteiger partial charge in [0, 0.05) is 18.1 Å². The summed E-state index contributed by atoms with van der Waals surface area (Å²) in [6.07, 6.45) is 0.768. The molecule has 1 aliphatic heterocycles. The molecule has 0 radical (unpaired) electrons. The number of aliphatic hydroxyl groups excluding tert-OH is 1. The number of nitrogens with zero attached hydrogens (tertiary/aromatic N) is 1. The van der Waals surface area contributed by atoms with Crippen LogP contribution < -0.4 is 5.32 Å². The lowest BCUT2D eigenvalue weighted by atomic mass is 9.94. The molecule has 0 spiro atoms. The van der Waals surface area contributed by atoms with Gasteiger partial charge in [-0.1, -0.05) is 0 Å². The Morgan fingerprint density at radius 3 is 2.52 bits per heavy atom. The molecular weight excluding hydrogens is 281 g/mol. The number of nitrogens with one attached hydrogen (secondary N) is 1. The Bertz CT molecular complexity index is 333. The van der Waals surface area contributed by atoms with Crippen molar-refractivity contribution in [2.24, 2.45) is 5.92 Å². The van der Waals surface area contributed by atoms with Crippen LogP contribution in [0.25, 0.3) is 0 Å². The van der Waals surface area contributed by atoms with Crippen molar-refractivity contribution in [1.29, 1.82) is 0 Å². The van der Waals surface area contributed by atoms with Crippen LogP contribution in [0, 0.1) is 5.92 Å². The van der Waals surface area contributed by atoms with E-state index in [4.69, 9.17) is 0 Å². The summed E-state index contributed by atoms with van der Waals surface area (Å²) in [5.74, 6) is -1.17. The van der Waals surface area contributed by atoms with Crippen LogP contribution in [0.15, 0.2) is 0 Å². The molecule has 0 aromatic carbocycles. The minimum absolute atomic E-state index is 0.0781. The van der Waals surface area contributed by atoms with Crippen LogP contribution in [0.5, 0.6) is 0 Å². The van der Waals surface area contributed by atoms with Crippen molar-refractivity contribution >= 4 is 0 Å². The normalized spacial score (nSPS) is 27.6. The highest BCUT2D eigenvalue weighted by Crippen LogP contribution is 2.33. The fraction of sp³-hybridized carbons (Fsp3) is 1.00. The molecule has 6 heteroatoms. The van der Waals surface area contributed by atoms with Crippen molar-refractivity contribution in [3.63, 3.8) is 0 Å². The van der Waals surface area contributed by atoms with Gasteiger partial charge in [0.05, 0.1) is 12.5 Å². The van der Waals surface area contributed by atoms with Gasteiger partial charge in [-0.15, -0.1) is 0 Å². The molecule has 2 fully saturated rings. The lowest BCUT2D eigenvalue weighted by Crippen LogP contribution is -2.48. The van der Waals surface area contributed by atoms with Gasteiger partial charge in [-0.3, -0.25) is 0 Å². The Balaban J connectivity index is 1.72. The summed E-state index contributed by atoms with van der Waals surface area (Å²) in [5, 5.41) is 13.0. The maximum absolute atomic E-state index is 12.8. The third kappa shape index (κ3) is 5.42. The highest BCUT2D eigenvalue weighted by Gasteiger charge is 2.41. The molecule has 21 heavy (non-hydrogen) atoms. The minimum atomic E-state index is -4.06. The number of hydrogen-bond acceptors (Lipinski definition) is 3. The van der Waals surface area contributed by atoms with Crippen LogP contribution in [0.4, 0.5) is 13.2 Å². The van der Waals surface area contributed by atoms with Gasteiger partial charge < -0.3 is 15.3 Å². The number of alkyl halides is 3. The van der Waals surface area contributed by atoms with Crippen LogP contribution in [0.3, 0.4) is 0 Å². The van der Waals surface area contributed by atoms with Crippen molar-refractivity contribution in [2.75, 3.05) is 26.2 Å². The van der Waals surface area contributed by atoms with Crippen LogP contribution in [0.1, 0.15) is 45.4 Å². The van der Waals surface area contributed by atoms with Crippen molar-refractivity contribution in [1.82, 2.24) is 10.2 Å². The van der Waals surface area contributed by atoms with Crippen LogP contribution in [-0.2, 0) is 0 Å². The molecule has 2 aliphatic rings. The summed E-state index contributed by atoms with van der Waals surface area (Å²) in [5.41, 5.74) is -0.291. The standard InChI is InChI=1S/C15H27F3N2O/c1-14(11-21,19-13-5-6-13)7-3-9-20-8-2-4-12(10-20)15(16,17)18/h12-13,19,21H,2-11H2,1H3. The lowest BCUT2D eigenvalue weighted by Gasteiger charge is -2.35. The molecule has 0 amide bonds. The number of rotatable bonds is 7. The summed E-state index contributed by atoms with van der Waals surface area (Å²) in [4.78, 5) is 1.93. The number of hydrogen-bond donors (Lipinski definition) is 2. The van der Waals surface area contributed by atoms with E-state index in [2.05, 4.69) is 5.32 Å². The topological polar surface area (TPSA) is 35.5 Å². The number of aliphatic hydroxyl groups is 1. The first kappa shape index (κ1) is 17.0. The lowest BCUT2D eigenvalue weighted by molar-refractivity contribution is -0.186. The average Bonchev–Trinajstić information content (AvgIpc) is 3.22. The smallest absolute Gasteiger partial charge is 0.393 e. The predicted octanol–water partition coefficient (Wildman–Crippen LogP) is 2.54. The maximum Gasteiger partial charge on any atom is 0.393 e. The fourth-order valence-corrected chi connectivity index (χ4v) is 3.14. The van der Waals surface area contributed by atoms with E-state index in [1.54, 1.807) is 0 Å². The van der Waals surface area contributed by atoms with Gasteiger partial charge in [0.25, 0.3) is 0 Å². The van der Waals surface area contributed by atoms with E-state index in [-0.39, 0.29) is 25.1 Å². The van der Waals surface area contributed by atoms with Crippen LogP contribution in [-0.4, -0.2) is 54.0 Å². The van der Waals surface area contributed by atoms with E-state index in [1.165, 1.54) is 0 Å². The second kappa shape index (κ2) is 6.84. The molecule has 0 bridgehead atoms. The van der Waals surface area contributed by atoms with Gasteiger partial charge in [-0.05, 0) is 58.5 Å². The number of likely N-dealkylation sites (tertiary alicyclic amines) is 1. The summed E-state index contributed by atoms with van der Waals surface area (Å²) < 4.78 is 38.3. The SMILES string of the molecule is CC(CO)(CCCN1CCCC(C(F)(F)F)C1)NC1CC1. The van der Waals surface area contributed by atoms with E-state index in [0.717, 1.165) is 32.2 Å². The molecule has 0 aromatic rings. The van der Waals surface area contributed by atoms with E-state index in [0.29, 0.717) is 19.0 Å². The second-order valence-corrected chi connectivity index (χ2v) is 6.92. The van der Waals surface area contributed by atoms with Crippen LogP contribution >= 0.6 is 0 Å². The molecule has 3 nitrogen and oxygen atoms in total. The molecule has 1 aliphatic carbocycles. The van der Waals surface area contributed by atoms with Gasteiger partial charge in [0.2, 0.25) is 0 Å². The second-order valence-electron chi connectivity index (χ2n) is 6.92. The van der Waals surface area contributed by atoms with E-state index in [9.17, 15) is 18.3 Å². The quantitative estimate of drug-likeness (QED) is 0.759. The zero-order valence-corrected chi connectivity index (χ0v) is 12.8. The third-order valence-corrected chi connectivity index (χ3v) is 4.65. The molecule has 124 valence electrons. The van der Waals surface area contributed by atoms with Gasteiger partial charge in [-0.2, -0.15) is 13.2 Å². The largest absolute Gasteiger partial charge is 0.394 e. The maximum atomic E-state index is 12.8. The van der Waals surface area contributed by atoms with Crippen molar-refractivity contribution in [3.8, 4) is 0 Å². The Hall–Kier alpha value is -0.330. The van der Waals surface area contributed by atoms with Crippen LogP contribution in [0.2, 0.25) is 0 Å². The zero-order valence-electron chi connectivity index (χ0n) is 12.8. The van der Waals surface area contributed by atoms with Gasteiger partial charge in [-0.25, -0.2) is 0 Å². The van der Waals surface area contributed by atoms with Gasteiger partial charge in [0.15, 0.2) is 0 Å². The Kier molecular flexibility index (Phi) is 5.54. The first-order valence-electron chi connectivity index (χ1n) is 8.00. The minimum Gasteiger partial charge on any atom is -0.394 e. The summed E-state index contributed by atoms with van der Waals surface area (Å²) >= 11 is 0. The highest BCUT2D eigenvalue weighted by atomic mass is 19.4. The molecule has 2 unspecified atom stereocenters. The first-order valence-corrected chi connectivity index (χ1v) is 8.00. The van der Waals surface area contributed by atoms with E-state index >= 15 is 0 Å². The van der Waals surface area contributed by atoms with Gasteiger partial charge in [0.1, 0.15) is 0 Å². The molecule has 0 aromatic heterocycles. The molecule has 2 atom stereocenters. The van der Waals surface area contributed by atoms with Crippen molar-refractivity contribution in [2.45, 2.75) is 63.2 Å². The molecule has 1 saturated heterocycles. The summed E-state index contributed by atoms with van der Waals surface area (Å²) in [7, 11) is 0. The molecule has 1 heterocycles. The monoisotopic (exact) mass is 308 g/mol.